The zero-order valence-corrected chi connectivity index (χ0v) is 10.7. The Bertz CT molecular complexity index is 665. The van der Waals surface area contributed by atoms with E-state index in [2.05, 4.69) is 5.32 Å². The highest BCUT2D eigenvalue weighted by Crippen LogP contribution is 2.16. The van der Waals surface area contributed by atoms with Crippen molar-refractivity contribution in [3.63, 3.8) is 0 Å². The van der Waals surface area contributed by atoms with Crippen molar-refractivity contribution < 1.29 is 19.2 Å². The molecule has 0 unspecified atom stereocenters. The lowest BCUT2D eigenvalue weighted by Gasteiger charge is -2.06. The fourth-order valence-electron chi connectivity index (χ4n) is 1.53. The van der Waals surface area contributed by atoms with Crippen LogP contribution in [0.3, 0.4) is 0 Å². The predicted molar refractivity (Wildman–Crippen MR) is 74.6 cm³/mol. The Balaban J connectivity index is 1.97. The van der Waals surface area contributed by atoms with Crippen molar-refractivity contribution >= 4 is 23.8 Å². The lowest BCUT2D eigenvalue weighted by Crippen LogP contribution is -2.16. The highest BCUT2D eigenvalue weighted by Gasteiger charge is 2.08. The first-order chi connectivity index (χ1) is 10.1. The second-order valence-corrected chi connectivity index (χ2v) is 4.01. The normalized spacial score (nSPS) is 9.71. The Morgan fingerprint density at radius 1 is 1.10 bits per heavy atom. The maximum Gasteiger partial charge on any atom is 0.417 e. The van der Waals surface area contributed by atoms with E-state index in [4.69, 9.17) is 4.74 Å². The Labute approximate surface area is 119 Å². The number of hydrogen-bond acceptors (Lipinski definition) is 5. The lowest BCUT2D eigenvalue weighted by molar-refractivity contribution is -0.384. The SMILES string of the molecule is O=Cc1ccc(OC(=O)Nc2ccc([N+](=O)[O-])cc2)cc1. The van der Waals surface area contributed by atoms with Crippen LogP contribution in [0, 0.1) is 10.1 Å². The molecule has 21 heavy (non-hydrogen) atoms. The maximum atomic E-state index is 11.6. The van der Waals surface area contributed by atoms with Gasteiger partial charge >= 0.3 is 6.09 Å². The molecule has 0 saturated carbocycles. The van der Waals surface area contributed by atoms with Crippen molar-refractivity contribution in [2.24, 2.45) is 0 Å². The first-order valence-electron chi connectivity index (χ1n) is 5.87. The maximum absolute atomic E-state index is 11.6. The van der Waals surface area contributed by atoms with E-state index in [1.807, 2.05) is 0 Å². The zero-order valence-electron chi connectivity index (χ0n) is 10.7. The van der Waals surface area contributed by atoms with Crippen molar-refractivity contribution in [1.29, 1.82) is 0 Å². The van der Waals surface area contributed by atoms with Gasteiger partial charge in [-0.25, -0.2) is 4.79 Å². The van der Waals surface area contributed by atoms with Gasteiger partial charge in [0, 0.05) is 23.4 Å². The monoisotopic (exact) mass is 286 g/mol. The number of aldehydes is 1. The quantitative estimate of drug-likeness (QED) is 0.529. The molecule has 0 aliphatic heterocycles. The summed E-state index contributed by atoms with van der Waals surface area (Å²) in [6.07, 6.45) is -0.0523. The molecule has 0 heterocycles. The molecule has 7 nitrogen and oxygen atoms in total. The molecule has 2 aromatic rings. The first-order valence-corrected chi connectivity index (χ1v) is 5.87. The molecule has 106 valence electrons. The van der Waals surface area contributed by atoms with E-state index < -0.39 is 11.0 Å². The molecule has 1 N–H and O–H groups in total. The standard InChI is InChI=1S/C14H10N2O5/c17-9-10-1-7-13(8-2-10)21-14(18)15-11-3-5-12(6-4-11)16(19)20/h1-9H,(H,15,18). The summed E-state index contributed by atoms with van der Waals surface area (Å²) >= 11 is 0. The molecule has 1 amide bonds. The van der Waals surface area contributed by atoms with Gasteiger partial charge in [-0.3, -0.25) is 20.2 Å². The van der Waals surface area contributed by atoms with E-state index in [1.54, 1.807) is 0 Å². The molecule has 0 fully saturated rings. The summed E-state index contributed by atoms with van der Waals surface area (Å²) in [5, 5.41) is 12.9. The number of nitro groups is 1. The number of nitrogens with one attached hydrogen (secondary N) is 1. The Hall–Kier alpha value is -3.22. The van der Waals surface area contributed by atoms with Gasteiger partial charge in [0.2, 0.25) is 0 Å². The highest BCUT2D eigenvalue weighted by atomic mass is 16.6. The van der Waals surface area contributed by atoms with Crippen molar-refractivity contribution in [2.75, 3.05) is 5.32 Å². The van der Waals surface area contributed by atoms with Crippen molar-refractivity contribution in [3.05, 3.63) is 64.2 Å². The van der Waals surface area contributed by atoms with Crippen LogP contribution in [-0.2, 0) is 0 Å². The molecule has 0 atom stereocenters. The number of amides is 1. The van der Waals surface area contributed by atoms with E-state index in [-0.39, 0.29) is 11.4 Å². The molecule has 0 aliphatic carbocycles. The third-order valence-electron chi connectivity index (χ3n) is 2.55. The molecule has 0 spiro atoms. The summed E-state index contributed by atoms with van der Waals surface area (Å²) in [5.41, 5.74) is 0.770. The van der Waals surface area contributed by atoms with E-state index in [0.29, 0.717) is 17.5 Å². The minimum Gasteiger partial charge on any atom is -0.410 e. The molecule has 0 bridgehead atoms. The average molecular weight is 286 g/mol. The molecular formula is C14H10N2O5. The molecule has 0 radical (unpaired) electrons. The van der Waals surface area contributed by atoms with Crippen LogP contribution in [0.4, 0.5) is 16.2 Å². The summed E-state index contributed by atoms with van der Waals surface area (Å²) < 4.78 is 5.00. The molecule has 0 saturated heterocycles. The van der Waals surface area contributed by atoms with E-state index in [1.165, 1.54) is 48.5 Å². The van der Waals surface area contributed by atoms with Crippen LogP contribution in [0.25, 0.3) is 0 Å². The van der Waals surface area contributed by atoms with Gasteiger partial charge in [0.25, 0.3) is 5.69 Å². The van der Waals surface area contributed by atoms with E-state index >= 15 is 0 Å². The zero-order chi connectivity index (χ0) is 15.2. The van der Waals surface area contributed by atoms with Gasteiger partial charge in [0.1, 0.15) is 12.0 Å². The van der Waals surface area contributed by atoms with Crippen LogP contribution < -0.4 is 10.1 Å². The van der Waals surface area contributed by atoms with Crippen molar-refractivity contribution in [3.8, 4) is 5.75 Å². The molecule has 7 heteroatoms. The second-order valence-electron chi connectivity index (χ2n) is 4.01. The fourth-order valence-corrected chi connectivity index (χ4v) is 1.53. The highest BCUT2D eigenvalue weighted by molar-refractivity contribution is 5.86. The topological polar surface area (TPSA) is 98.5 Å². The van der Waals surface area contributed by atoms with Crippen LogP contribution in [0.2, 0.25) is 0 Å². The summed E-state index contributed by atoms with van der Waals surface area (Å²) in [6, 6.07) is 11.3. The summed E-state index contributed by atoms with van der Waals surface area (Å²) in [6.45, 7) is 0. The largest absolute Gasteiger partial charge is 0.417 e. The van der Waals surface area contributed by atoms with Crippen molar-refractivity contribution in [1.82, 2.24) is 0 Å². The molecule has 0 aromatic heterocycles. The fraction of sp³-hybridized carbons (Fsp3) is 0. The van der Waals surface area contributed by atoms with E-state index in [0.717, 1.165) is 0 Å². The third kappa shape index (κ3) is 3.87. The van der Waals surface area contributed by atoms with E-state index in [9.17, 15) is 19.7 Å². The van der Waals surface area contributed by atoms with Crippen LogP contribution >= 0.6 is 0 Å². The van der Waals surface area contributed by atoms with Gasteiger partial charge < -0.3 is 4.74 Å². The van der Waals surface area contributed by atoms with Gasteiger partial charge in [-0.05, 0) is 36.4 Å². The predicted octanol–water partition coefficient (Wildman–Crippen LogP) is 3.02. The Morgan fingerprint density at radius 2 is 1.71 bits per heavy atom. The number of ether oxygens (including phenoxy) is 1. The van der Waals surface area contributed by atoms with Crippen LogP contribution in [0.1, 0.15) is 10.4 Å². The molecule has 2 aromatic carbocycles. The Morgan fingerprint density at radius 3 is 2.24 bits per heavy atom. The number of carbonyl (C=O) groups is 2. The molecular weight excluding hydrogens is 276 g/mol. The first kappa shape index (κ1) is 14.2. The van der Waals surface area contributed by atoms with Gasteiger partial charge in [-0.2, -0.15) is 0 Å². The number of nitro benzene ring substituents is 1. The average Bonchev–Trinajstić information content (AvgIpc) is 2.48. The van der Waals surface area contributed by atoms with Crippen molar-refractivity contribution in [2.45, 2.75) is 0 Å². The van der Waals surface area contributed by atoms with Crippen LogP contribution in [0.15, 0.2) is 48.5 Å². The summed E-state index contributed by atoms with van der Waals surface area (Å²) in [7, 11) is 0. The van der Waals surface area contributed by atoms with Crippen LogP contribution in [-0.4, -0.2) is 17.3 Å². The molecule has 2 rings (SSSR count). The lowest BCUT2D eigenvalue weighted by atomic mass is 10.2. The number of benzene rings is 2. The minimum absolute atomic E-state index is 0.0710. The van der Waals surface area contributed by atoms with Gasteiger partial charge in [-0.1, -0.05) is 0 Å². The van der Waals surface area contributed by atoms with Gasteiger partial charge in [0.15, 0.2) is 0 Å². The number of non-ortho nitro benzene ring substituents is 1. The summed E-state index contributed by atoms with van der Waals surface area (Å²) in [4.78, 5) is 32.1. The number of carbonyl (C=O) groups excluding carboxylic acids is 2. The smallest absolute Gasteiger partial charge is 0.410 e. The molecule has 0 aliphatic rings. The Kier molecular flexibility index (Phi) is 4.25. The third-order valence-corrected chi connectivity index (χ3v) is 2.55. The number of rotatable bonds is 4. The number of nitrogens with zero attached hydrogens (tertiary/aromatic N) is 1. The second kappa shape index (κ2) is 6.29. The number of anilines is 1. The van der Waals surface area contributed by atoms with Gasteiger partial charge in [-0.15, -0.1) is 0 Å². The van der Waals surface area contributed by atoms with Gasteiger partial charge in [0.05, 0.1) is 4.92 Å². The number of hydrogen-bond donors (Lipinski definition) is 1. The van der Waals surface area contributed by atoms with Crippen LogP contribution in [0.5, 0.6) is 5.75 Å². The minimum atomic E-state index is -0.734. The summed E-state index contributed by atoms with van der Waals surface area (Å²) in [5.74, 6) is 0.278.